The standard InChI is InChI=1S/C28H29F4N3O3.ISe/c1-4-6-14-33-25-22(17(3)16-36)23(18-10-12-21(29)13-11-18)24(27(38)35(25)5-2)34-26(37)19-8-7-9-20(15-19)28(30,31)32;1-2/h7-13,15-16,23-24,33H,3-6,14H2,1-2H3,(H,34,37);. The third kappa shape index (κ3) is 7.94. The zero-order valence-corrected chi connectivity index (χ0v) is 25.7. The van der Waals surface area contributed by atoms with Crippen LogP contribution < -0.4 is 10.6 Å². The van der Waals surface area contributed by atoms with Gasteiger partial charge < -0.3 is 10.6 Å². The molecule has 2 aromatic carbocycles. The van der Waals surface area contributed by atoms with Gasteiger partial charge in [0.2, 0.25) is 0 Å². The molecule has 6 nitrogen and oxygen atoms in total. The van der Waals surface area contributed by atoms with Crippen molar-refractivity contribution in [1.82, 2.24) is 15.5 Å². The van der Waals surface area contributed by atoms with E-state index < -0.39 is 41.3 Å². The van der Waals surface area contributed by atoms with E-state index in [1.165, 1.54) is 35.2 Å². The molecule has 40 heavy (non-hydrogen) atoms. The van der Waals surface area contributed by atoms with Crippen LogP contribution in [0.3, 0.4) is 0 Å². The molecule has 1 heterocycles. The van der Waals surface area contributed by atoms with Gasteiger partial charge >= 0.3 is 39.3 Å². The molecule has 12 heteroatoms. The number of allylic oxidation sites excluding steroid dienone is 1. The van der Waals surface area contributed by atoms with Crippen molar-refractivity contribution in [3.63, 3.8) is 0 Å². The molecule has 0 aromatic heterocycles. The minimum atomic E-state index is -4.66. The van der Waals surface area contributed by atoms with Gasteiger partial charge in [0.05, 0.1) is 5.56 Å². The molecule has 2 unspecified atom stereocenters. The number of carbonyl (C=O) groups is 3. The maximum absolute atomic E-state index is 13.8. The van der Waals surface area contributed by atoms with E-state index in [0.29, 0.717) is 35.9 Å². The first-order chi connectivity index (χ1) is 19.0. The number of nitrogens with zero attached hydrogens (tertiary/aromatic N) is 1. The van der Waals surface area contributed by atoms with Crippen molar-refractivity contribution in [3.05, 3.63) is 94.6 Å². The average Bonchev–Trinajstić information content (AvgIpc) is 2.95. The second-order valence-corrected chi connectivity index (χ2v) is 8.83. The van der Waals surface area contributed by atoms with Crippen molar-refractivity contribution in [2.45, 2.75) is 44.8 Å². The molecule has 0 saturated heterocycles. The molecule has 0 spiro atoms. The second kappa shape index (κ2) is 15.3. The summed E-state index contributed by atoms with van der Waals surface area (Å²) < 4.78 is 53.5. The Morgan fingerprint density at radius 1 is 1.15 bits per heavy atom. The van der Waals surface area contributed by atoms with Gasteiger partial charge in [0, 0.05) is 35.7 Å². The van der Waals surface area contributed by atoms with E-state index in [0.717, 1.165) is 25.0 Å². The Balaban J connectivity index is 0.00000274. The molecule has 2 aromatic rings. The van der Waals surface area contributed by atoms with E-state index in [9.17, 15) is 31.9 Å². The summed E-state index contributed by atoms with van der Waals surface area (Å²) in [6, 6.07) is 7.77. The van der Waals surface area contributed by atoms with Crippen LogP contribution in [-0.2, 0) is 15.8 Å². The predicted molar refractivity (Wildman–Crippen MR) is 154 cm³/mol. The van der Waals surface area contributed by atoms with Crippen LogP contribution in [0.15, 0.2) is 72.1 Å². The number of nitrogens with one attached hydrogen (secondary N) is 2. The van der Waals surface area contributed by atoms with Crippen LogP contribution in [0.2, 0.25) is 0 Å². The Kier molecular flexibility index (Phi) is 12.9. The van der Waals surface area contributed by atoms with Crippen molar-refractivity contribution in [3.8, 4) is 0 Å². The summed E-state index contributed by atoms with van der Waals surface area (Å²) in [5, 5.41) is 5.79. The van der Waals surface area contributed by atoms with Crippen LogP contribution in [0.5, 0.6) is 0 Å². The number of halogens is 5. The number of hydrogen-bond acceptors (Lipinski definition) is 4. The molecule has 1 radical (unpaired) electrons. The van der Waals surface area contributed by atoms with Gasteiger partial charge in [-0.25, -0.2) is 4.39 Å². The van der Waals surface area contributed by atoms with Crippen molar-refractivity contribution >= 4 is 51.2 Å². The maximum atomic E-state index is 13.8. The topological polar surface area (TPSA) is 78.5 Å². The summed E-state index contributed by atoms with van der Waals surface area (Å²) in [4.78, 5) is 40.3. The Morgan fingerprint density at radius 3 is 2.35 bits per heavy atom. The molecule has 0 saturated carbocycles. The summed E-state index contributed by atoms with van der Waals surface area (Å²) in [6.07, 6.45) is -2.50. The monoisotopic (exact) mass is 738 g/mol. The van der Waals surface area contributed by atoms with Crippen LogP contribution in [0.25, 0.3) is 0 Å². The predicted octanol–water partition coefficient (Wildman–Crippen LogP) is 5.45. The summed E-state index contributed by atoms with van der Waals surface area (Å²) in [6.45, 7) is 8.23. The minimum absolute atomic E-state index is 0.0441. The summed E-state index contributed by atoms with van der Waals surface area (Å²) in [5.74, 6) is -2.60. The van der Waals surface area contributed by atoms with Gasteiger partial charge in [0.15, 0.2) is 0 Å². The van der Waals surface area contributed by atoms with Crippen molar-refractivity contribution in [2.24, 2.45) is 0 Å². The third-order valence-electron chi connectivity index (χ3n) is 6.30. The van der Waals surface area contributed by atoms with Gasteiger partial charge in [-0.15, -0.1) is 0 Å². The van der Waals surface area contributed by atoms with Crippen LogP contribution in [0, 0.1) is 5.82 Å². The van der Waals surface area contributed by atoms with Gasteiger partial charge in [-0.1, -0.05) is 38.1 Å². The van der Waals surface area contributed by atoms with Crippen LogP contribution in [0.4, 0.5) is 17.6 Å². The van der Waals surface area contributed by atoms with Crippen molar-refractivity contribution in [2.75, 3.05) is 13.1 Å². The van der Waals surface area contributed by atoms with Gasteiger partial charge in [0.1, 0.15) is 24.0 Å². The van der Waals surface area contributed by atoms with E-state index in [1.807, 2.05) is 27.3 Å². The van der Waals surface area contributed by atoms with E-state index >= 15 is 0 Å². The molecule has 2 atom stereocenters. The number of likely N-dealkylation sites (N-methyl/N-ethyl adjacent to an activating group) is 1. The normalized spacial score (nSPS) is 17.1. The Hall–Kier alpha value is -2.70. The number of carbonyl (C=O) groups excluding carboxylic acids is 3. The van der Waals surface area contributed by atoms with Crippen LogP contribution in [0.1, 0.15) is 54.1 Å². The van der Waals surface area contributed by atoms with E-state index in [2.05, 4.69) is 30.0 Å². The van der Waals surface area contributed by atoms with Crippen molar-refractivity contribution < 1.29 is 31.9 Å². The molecule has 2 N–H and O–H groups in total. The van der Waals surface area contributed by atoms with E-state index in [1.54, 1.807) is 6.92 Å². The quantitative estimate of drug-likeness (QED) is 0.0850. The zero-order valence-electron chi connectivity index (χ0n) is 21.9. The number of hydrogen-bond donors (Lipinski definition) is 2. The summed E-state index contributed by atoms with van der Waals surface area (Å²) in [5.41, 5.74) is -0.512. The first-order valence-electron chi connectivity index (χ1n) is 12.4. The Morgan fingerprint density at radius 2 is 1.80 bits per heavy atom. The average molecular weight is 737 g/mol. The van der Waals surface area contributed by atoms with Crippen LogP contribution in [-0.4, -0.2) is 54.9 Å². The number of aldehydes is 1. The molecule has 0 aliphatic carbocycles. The molecule has 3 rings (SSSR count). The fourth-order valence-electron chi connectivity index (χ4n) is 4.42. The number of amides is 2. The number of rotatable bonds is 10. The van der Waals surface area contributed by atoms with E-state index in [4.69, 9.17) is 0 Å². The van der Waals surface area contributed by atoms with Gasteiger partial charge in [0.25, 0.3) is 11.8 Å². The summed E-state index contributed by atoms with van der Waals surface area (Å²) in [7, 11) is 0. The number of alkyl halides is 3. The zero-order chi connectivity index (χ0) is 30.0. The van der Waals surface area contributed by atoms with Gasteiger partial charge in [-0.3, -0.25) is 19.3 Å². The molecule has 0 bridgehead atoms. The number of benzene rings is 2. The molecular weight excluding hydrogens is 708 g/mol. The Labute approximate surface area is 250 Å². The van der Waals surface area contributed by atoms with E-state index in [-0.39, 0.29) is 17.7 Å². The van der Waals surface area contributed by atoms with Gasteiger partial charge in [-0.05, 0) is 49.2 Å². The fraction of sp³-hybridized carbons (Fsp3) is 0.321. The third-order valence-corrected chi connectivity index (χ3v) is 6.30. The second-order valence-electron chi connectivity index (χ2n) is 8.83. The fourth-order valence-corrected chi connectivity index (χ4v) is 4.42. The van der Waals surface area contributed by atoms with Crippen molar-refractivity contribution in [1.29, 1.82) is 0 Å². The molecule has 215 valence electrons. The molecule has 2 amide bonds. The molecular formula is C28H29F4IN3O3Se. The number of unbranched alkanes of at least 4 members (excludes halogenated alkanes) is 1. The first-order valence-corrected chi connectivity index (χ1v) is 17.6. The SMILES string of the molecule is C=C(C=O)C1=C(NCCCC)N(CC)C(=O)C(NC(=O)c2cccc(C(F)(F)F)c2)C1c1ccc(F)cc1.[Se]I. The van der Waals surface area contributed by atoms with Gasteiger partial charge in [-0.2, -0.15) is 13.2 Å². The molecule has 1 aliphatic rings. The first kappa shape index (κ1) is 33.5. The van der Waals surface area contributed by atoms with Crippen LogP contribution >= 0.6 is 20.3 Å². The molecule has 1 aliphatic heterocycles. The molecule has 0 fully saturated rings. The summed E-state index contributed by atoms with van der Waals surface area (Å²) >= 11 is 4.62. The Bertz CT molecular complexity index is 1250.